The summed E-state index contributed by atoms with van der Waals surface area (Å²) in [6, 6.07) is 0. The van der Waals surface area contributed by atoms with Gasteiger partial charge in [-0.2, -0.15) is 0 Å². The van der Waals surface area contributed by atoms with Crippen molar-refractivity contribution in [2.24, 2.45) is 0 Å². The van der Waals surface area contributed by atoms with Crippen molar-refractivity contribution in [3.05, 3.63) is 17.6 Å². The first kappa shape index (κ1) is 13.3. The van der Waals surface area contributed by atoms with E-state index in [0.717, 1.165) is 44.8 Å². The normalized spacial score (nSPS) is 19.7. The maximum atomic E-state index is 10.7. The molecule has 1 saturated heterocycles. The summed E-state index contributed by atoms with van der Waals surface area (Å²) in [5.41, 5.74) is 2.51. The van der Waals surface area contributed by atoms with E-state index < -0.39 is 5.97 Å². The Hall–Kier alpha value is -1.69. The number of nitrogens with zero attached hydrogens (tertiary/aromatic N) is 4. The number of piperazine rings is 1. The summed E-state index contributed by atoms with van der Waals surface area (Å²) in [5.74, 6) is 0.322. The molecule has 0 unspecified atom stereocenters. The number of fused-ring (bicyclic) bond motifs is 1. The largest absolute Gasteiger partial charge is 0.480 e. The van der Waals surface area contributed by atoms with E-state index in [2.05, 4.69) is 14.9 Å². The van der Waals surface area contributed by atoms with Crippen LogP contribution < -0.4 is 4.90 Å². The maximum absolute atomic E-state index is 10.7. The van der Waals surface area contributed by atoms with Gasteiger partial charge in [0.2, 0.25) is 0 Å². The summed E-state index contributed by atoms with van der Waals surface area (Å²) >= 11 is 0. The van der Waals surface area contributed by atoms with Gasteiger partial charge in [0, 0.05) is 37.4 Å². The first-order valence-electron chi connectivity index (χ1n) is 7.26. The Bertz CT molecular complexity index is 498. The molecule has 2 aliphatic rings. The molecule has 2 heterocycles. The van der Waals surface area contributed by atoms with Gasteiger partial charge in [-0.05, 0) is 25.7 Å². The molecule has 1 N–H and O–H groups in total. The van der Waals surface area contributed by atoms with E-state index in [1.165, 1.54) is 24.1 Å². The predicted molar refractivity (Wildman–Crippen MR) is 75.0 cm³/mol. The third-order valence-corrected chi connectivity index (χ3v) is 4.13. The van der Waals surface area contributed by atoms with E-state index >= 15 is 0 Å². The lowest BCUT2D eigenvalue weighted by Gasteiger charge is -2.36. The quantitative estimate of drug-likeness (QED) is 0.870. The molecule has 1 aromatic rings. The van der Waals surface area contributed by atoms with E-state index in [1.807, 2.05) is 4.90 Å². The van der Waals surface area contributed by atoms with Crippen molar-refractivity contribution >= 4 is 11.8 Å². The van der Waals surface area contributed by atoms with Crippen LogP contribution in [0.1, 0.15) is 24.1 Å². The number of aliphatic carboxylic acids is 1. The maximum Gasteiger partial charge on any atom is 0.317 e. The molecule has 1 aliphatic heterocycles. The fraction of sp³-hybridized carbons (Fsp3) is 0.643. The van der Waals surface area contributed by atoms with Gasteiger partial charge in [-0.25, -0.2) is 9.97 Å². The molecule has 3 rings (SSSR count). The fourth-order valence-corrected chi connectivity index (χ4v) is 3.09. The Balaban J connectivity index is 1.71. The van der Waals surface area contributed by atoms with Crippen molar-refractivity contribution < 1.29 is 9.90 Å². The number of hydrogen-bond acceptors (Lipinski definition) is 5. The van der Waals surface area contributed by atoms with Gasteiger partial charge in [-0.15, -0.1) is 0 Å². The van der Waals surface area contributed by atoms with Crippen LogP contribution in [0.15, 0.2) is 6.33 Å². The van der Waals surface area contributed by atoms with Crippen molar-refractivity contribution in [3.8, 4) is 0 Å². The van der Waals surface area contributed by atoms with Gasteiger partial charge in [-0.3, -0.25) is 9.69 Å². The highest BCUT2D eigenvalue weighted by Crippen LogP contribution is 2.27. The van der Waals surface area contributed by atoms with Crippen LogP contribution >= 0.6 is 0 Å². The summed E-state index contributed by atoms with van der Waals surface area (Å²) in [5, 5.41) is 8.83. The minimum Gasteiger partial charge on any atom is -0.480 e. The van der Waals surface area contributed by atoms with E-state index in [-0.39, 0.29) is 6.54 Å². The van der Waals surface area contributed by atoms with Crippen molar-refractivity contribution in [2.45, 2.75) is 25.7 Å². The summed E-state index contributed by atoms with van der Waals surface area (Å²) in [6.45, 7) is 3.39. The Morgan fingerprint density at radius 1 is 1.15 bits per heavy atom. The van der Waals surface area contributed by atoms with Crippen LogP contribution in [0.4, 0.5) is 5.82 Å². The number of hydrogen-bond donors (Lipinski definition) is 1. The number of aromatic nitrogens is 2. The Morgan fingerprint density at radius 2 is 1.90 bits per heavy atom. The zero-order valence-corrected chi connectivity index (χ0v) is 11.6. The molecule has 0 radical (unpaired) electrons. The second-order valence-electron chi connectivity index (χ2n) is 5.49. The molecule has 108 valence electrons. The fourth-order valence-electron chi connectivity index (χ4n) is 3.09. The average Bonchev–Trinajstić information content (AvgIpc) is 2.47. The topological polar surface area (TPSA) is 69.6 Å². The smallest absolute Gasteiger partial charge is 0.317 e. The van der Waals surface area contributed by atoms with Crippen LogP contribution in [0.2, 0.25) is 0 Å². The van der Waals surface area contributed by atoms with Crippen LogP contribution in [0.5, 0.6) is 0 Å². The summed E-state index contributed by atoms with van der Waals surface area (Å²) in [6.07, 6.45) is 6.23. The number of carboxylic acids is 1. The van der Waals surface area contributed by atoms with Crippen LogP contribution in [-0.2, 0) is 17.6 Å². The second-order valence-corrected chi connectivity index (χ2v) is 5.49. The number of aryl methyl sites for hydroxylation is 1. The van der Waals surface area contributed by atoms with Gasteiger partial charge in [0.05, 0.1) is 6.54 Å². The van der Waals surface area contributed by atoms with Crippen molar-refractivity contribution in [1.82, 2.24) is 14.9 Å². The molecule has 0 spiro atoms. The van der Waals surface area contributed by atoms with E-state index in [1.54, 1.807) is 6.33 Å². The first-order valence-corrected chi connectivity index (χ1v) is 7.26. The van der Waals surface area contributed by atoms with Crippen LogP contribution in [0, 0.1) is 0 Å². The molecule has 0 saturated carbocycles. The number of carboxylic acid groups (broad SMARTS) is 1. The molecule has 6 nitrogen and oxygen atoms in total. The van der Waals surface area contributed by atoms with Crippen molar-refractivity contribution in [3.63, 3.8) is 0 Å². The van der Waals surface area contributed by atoms with Gasteiger partial charge in [0.1, 0.15) is 12.1 Å². The molecule has 1 fully saturated rings. The lowest BCUT2D eigenvalue weighted by atomic mass is 9.96. The molecule has 20 heavy (non-hydrogen) atoms. The minimum atomic E-state index is -0.752. The highest BCUT2D eigenvalue weighted by atomic mass is 16.4. The van der Waals surface area contributed by atoms with E-state index in [9.17, 15) is 4.79 Å². The standard InChI is InChI=1S/C14H20N4O2/c19-13(20)9-17-5-7-18(8-6-17)14-11-3-1-2-4-12(11)15-10-16-14/h10H,1-9H2,(H,19,20). The highest BCUT2D eigenvalue weighted by Gasteiger charge is 2.24. The third kappa shape index (κ3) is 2.75. The van der Waals surface area contributed by atoms with Gasteiger partial charge in [0.15, 0.2) is 0 Å². The Kier molecular flexibility index (Phi) is 3.82. The summed E-state index contributed by atoms with van der Waals surface area (Å²) < 4.78 is 0. The lowest BCUT2D eigenvalue weighted by molar-refractivity contribution is -0.138. The minimum absolute atomic E-state index is 0.135. The summed E-state index contributed by atoms with van der Waals surface area (Å²) in [7, 11) is 0. The lowest BCUT2D eigenvalue weighted by Crippen LogP contribution is -2.48. The molecule has 6 heteroatoms. The Morgan fingerprint density at radius 3 is 2.65 bits per heavy atom. The van der Waals surface area contributed by atoms with Crippen LogP contribution in [0.25, 0.3) is 0 Å². The molecular weight excluding hydrogens is 256 g/mol. The molecule has 1 aromatic heterocycles. The van der Waals surface area contributed by atoms with Crippen LogP contribution in [0.3, 0.4) is 0 Å². The second kappa shape index (κ2) is 5.75. The average molecular weight is 276 g/mol. The van der Waals surface area contributed by atoms with Gasteiger partial charge in [0.25, 0.3) is 0 Å². The number of anilines is 1. The number of rotatable bonds is 3. The zero-order chi connectivity index (χ0) is 13.9. The SMILES string of the molecule is O=C(O)CN1CCN(c2ncnc3c2CCCC3)CC1. The van der Waals surface area contributed by atoms with Gasteiger partial charge < -0.3 is 10.0 Å². The first-order chi connectivity index (χ1) is 9.74. The molecular formula is C14H20N4O2. The van der Waals surface area contributed by atoms with Gasteiger partial charge >= 0.3 is 5.97 Å². The molecule has 0 aromatic carbocycles. The van der Waals surface area contributed by atoms with Gasteiger partial charge in [-0.1, -0.05) is 0 Å². The van der Waals surface area contributed by atoms with Crippen molar-refractivity contribution in [1.29, 1.82) is 0 Å². The molecule has 0 amide bonds. The monoisotopic (exact) mass is 276 g/mol. The third-order valence-electron chi connectivity index (χ3n) is 4.13. The van der Waals surface area contributed by atoms with Crippen LogP contribution in [-0.4, -0.2) is 58.7 Å². The Labute approximate surface area is 118 Å². The summed E-state index contributed by atoms with van der Waals surface area (Å²) in [4.78, 5) is 23.9. The van der Waals surface area contributed by atoms with E-state index in [4.69, 9.17) is 5.11 Å². The number of carbonyl (C=O) groups is 1. The predicted octanol–water partition coefficient (Wildman–Crippen LogP) is 0.562. The van der Waals surface area contributed by atoms with Crippen molar-refractivity contribution in [2.75, 3.05) is 37.6 Å². The highest BCUT2D eigenvalue weighted by molar-refractivity contribution is 5.69. The molecule has 0 bridgehead atoms. The zero-order valence-electron chi connectivity index (χ0n) is 11.6. The molecule has 0 atom stereocenters. The van der Waals surface area contributed by atoms with E-state index in [0.29, 0.717) is 0 Å². The molecule has 1 aliphatic carbocycles.